The molecule has 1 heterocycles. The molecule has 0 aliphatic heterocycles. The molecule has 0 unspecified atom stereocenters. The van der Waals surface area contributed by atoms with Crippen molar-refractivity contribution in [2.24, 2.45) is 0 Å². The number of benzene rings is 3. The number of halogens is 2. The molecule has 3 aromatic carbocycles. The molecule has 0 bridgehead atoms. The maximum atomic E-state index is 12.5. The predicted molar refractivity (Wildman–Crippen MR) is 148 cm³/mol. The molecule has 0 saturated carbocycles. The zero-order valence-electron chi connectivity index (χ0n) is 19.8. The van der Waals surface area contributed by atoms with Crippen LogP contribution >= 0.6 is 39.3 Å². The molecule has 37 heavy (non-hydrogen) atoms. The van der Waals surface area contributed by atoms with E-state index in [4.69, 9.17) is 16.3 Å². The van der Waals surface area contributed by atoms with E-state index in [9.17, 15) is 9.59 Å². The van der Waals surface area contributed by atoms with Crippen LogP contribution in [0.5, 0.6) is 5.75 Å². The Morgan fingerprint density at radius 1 is 1.03 bits per heavy atom. The zero-order chi connectivity index (χ0) is 26.2. The number of carbonyl (C=O) groups is 2. The number of hydrogen-bond acceptors (Lipinski definition) is 6. The molecule has 0 aliphatic carbocycles. The van der Waals surface area contributed by atoms with Crippen molar-refractivity contribution in [3.05, 3.63) is 93.7 Å². The van der Waals surface area contributed by atoms with Gasteiger partial charge in [-0.1, -0.05) is 51.4 Å². The van der Waals surface area contributed by atoms with Crippen molar-refractivity contribution in [1.29, 1.82) is 0 Å². The average molecular weight is 601 g/mol. The topological polar surface area (TPSA) is 98.1 Å². The monoisotopic (exact) mass is 599 g/mol. The van der Waals surface area contributed by atoms with Crippen LogP contribution in [0.1, 0.15) is 11.4 Å². The molecule has 4 aromatic rings. The Labute approximate surface area is 231 Å². The van der Waals surface area contributed by atoms with Gasteiger partial charge in [0.05, 0.1) is 12.3 Å². The zero-order valence-corrected chi connectivity index (χ0v) is 22.9. The van der Waals surface area contributed by atoms with Crippen molar-refractivity contribution < 1.29 is 14.3 Å². The number of anilines is 1. The first kappa shape index (κ1) is 26.7. The minimum Gasteiger partial charge on any atom is -0.484 e. The Morgan fingerprint density at radius 2 is 1.78 bits per heavy atom. The standard InChI is InChI=1S/C26H23BrClN5O3S/c1-17-3-2-4-20(13-17)30-25(35)16-37-26-32-31-23(33(26)21-9-5-18(27)6-10-21)14-29-24(34)15-36-22-11-7-19(28)8-12-22/h2-13H,14-16H2,1H3,(H,29,34)(H,30,35). The second-order valence-corrected chi connectivity index (χ2v) is 10.2. The highest BCUT2D eigenvalue weighted by atomic mass is 79.9. The van der Waals surface area contributed by atoms with E-state index in [1.54, 1.807) is 24.3 Å². The first-order chi connectivity index (χ1) is 17.9. The van der Waals surface area contributed by atoms with E-state index in [2.05, 4.69) is 36.8 Å². The molecule has 0 aliphatic rings. The highest BCUT2D eigenvalue weighted by Crippen LogP contribution is 2.24. The van der Waals surface area contributed by atoms with Gasteiger partial charge < -0.3 is 15.4 Å². The Morgan fingerprint density at radius 3 is 2.51 bits per heavy atom. The molecule has 1 aromatic heterocycles. The van der Waals surface area contributed by atoms with Gasteiger partial charge in [0.25, 0.3) is 5.91 Å². The fourth-order valence-corrected chi connectivity index (χ4v) is 4.48. The summed E-state index contributed by atoms with van der Waals surface area (Å²) in [5, 5.41) is 15.4. The third kappa shape index (κ3) is 7.82. The molecule has 0 radical (unpaired) electrons. The van der Waals surface area contributed by atoms with Gasteiger partial charge in [0.2, 0.25) is 5.91 Å². The lowest BCUT2D eigenvalue weighted by Gasteiger charge is -2.12. The summed E-state index contributed by atoms with van der Waals surface area (Å²) < 4.78 is 8.24. The van der Waals surface area contributed by atoms with Gasteiger partial charge in [-0.2, -0.15) is 0 Å². The second kappa shape index (κ2) is 12.8. The van der Waals surface area contributed by atoms with Crippen molar-refractivity contribution in [2.45, 2.75) is 18.6 Å². The molecule has 2 N–H and O–H groups in total. The molecule has 190 valence electrons. The lowest BCUT2D eigenvalue weighted by Crippen LogP contribution is -2.29. The summed E-state index contributed by atoms with van der Waals surface area (Å²) in [5.74, 6) is 0.732. The van der Waals surface area contributed by atoms with E-state index in [1.807, 2.05) is 60.0 Å². The minimum absolute atomic E-state index is 0.127. The van der Waals surface area contributed by atoms with Crippen LogP contribution in [0.2, 0.25) is 5.02 Å². The number of aryl methyl sites for hydroxylation is 1. The van der Waals surface area contributed by atoms with Gasteiger partial charge in [-0.05, 0) is 73.2 Å². The van der Waals surface area contributed by atoms with E-state index in [0.717, 1.165) is 21.4 Å². The van der Waals surface area contributed by atoms with Gasteiger partial charge in [-0.15, -0.1) is 10.2 Å². The van der Waals surface area contributed by atoms with E-state index < -0.39 is 0 Å². The molecule has 0 saturated heterocycles. The van der Waals surface area contributed by atoms with Crippen LogP contribution in [0.25, 0.3) is 5.69 Å². The van der Waals surface area contributed by atoms with Crippen molar-refractivity contribution in [3.8, 4) is 11.4 Å². The number of nitrogens with one attached hydrogen (secondary N) is 2. The van der Waals surface area contributed by atoms with Crippen LogP contribution in [-0.2, 0) is 16.1 Å². The second-order valence-electron chi connectivity index (χ2n) is 7.94. The summed E-state index contributed by atoms with van der Waals surface area (Å²) in [6, 6.07) is 22.0. The number of aromatic nitrogens is 3. The summed E-state index contributed by atoms with van der Waals surface area (Å²) in [7, 11) is 0. The van der Waals surface area contributed by atoms with E-state index in [1.165, 1.54) is 11.8 Å². The maximum Gasteiger partial charge on any atom is 0.258 e. The SMILES string of the molecule is Cc1cccc(NC(=O)CSc2nnc(CNC(=O)COc3ccc(Cl)cc3)n2-c2ccc(Br)cc2)c1. The fourth-order valence-electron chi connectivity index (χ4n) is 3.32. The van der Waals surface area contributed by atoms with Crippen LogP contribution in [0.3, 0.4) is 0 Å². The summed E-state index contributed by atoms with van der Waals surface area (Å²) >= 11 is 10.6. The molecular formula is C26H23BrClN5O3S. The molecule has 4 rings (SSSR count). The first-order valence-corrected chi connectivity index (χ1v) is 13.4. The Hall–Kier alpha value is -3.34. The smallest absolute Gasteiger partial charge is 0.258 e. The van der Waals surface area contributed by atoms with Crippen molar-refractivity contribution in [2.75, 3.05) is 17.7 Å². The van der Waals surface area contributed by atoms with Crippen LogP contribution in [0.15, 0.2) is 82.4 Å². The van der Waals surface area contributed by atoms with Crippen LogP contribution in [-0.4, -0.2) is 38.9 Å². The van der Waals surface area contributed by atoms with Crippen LogP contribution in [0.4, 0.5) is 5.69 Å². The Bertz CT molecular complexity index is 1380. The minimum atomic E-state index is -0.313. The average Bonchev–Trinajstić information content (AvgIpc) is 3.29. The van der Waals surface area contributed by atoms with Gasteiger partial charge in [0.1, 0.15) is 5.75 Å². The van der Waals surface area contributed by atoms with E-state index in [0.29, 0.717) is 21.8 Å². The van der Waals surface area contributed by atoms with Gasteiger partial charge in [-0.3, -0.25) is 14.2 Å². The maximum absolute atomic E-state index is 12.5. The third-order valence-electron chi connectivity index (χ3n) is 5.05. The van der Waals surface area contributed by atoms with Gasteiger partial charge in [0, 0.05) is 20.9 Å². The summed E-state index contributed by atoms with van der Waals surface area (Å²) in [6.45, 7) is 1.94. The van der Waals surface area contributed by atoms with Crippen molar-refractivity contribution in [1.82, 2.24) is 20.1 Å². The lowest BCUT2D eigenvalue weighted by atomic mass is 10.2. The highest BCUT2D eigenvalue weighted by Gasteiger charge is 2.17. The fraction of sp³-hybridized carbons (Fsp3) is 0.154. The van der Waals surface area contributed by atoms with Crippen molar-refractivity contribution in [3.63, 3.8) is 0 Å². The summed E-state index contributed by atoms with van der Waals surface area (Å²) in [6.07, 6.45) is 0. The molecular weight excluding hydrogens is 578 g/mol. The summed E-state index contributed by atoms with van der Waals surface area (Å²) in [4.78, 5) is 24.9. The number of hydrogen-bond donors (Lipinski definition) is 2. The number of ether oxygens (including phenoxy) is 1. The lowest BCUT2D eigenvalue weighted by molar-refractivity contribution is -0.123. The molecule has 2 amide bonds. The summed E-state index contributed by atoms with van der Waals surface area (Å²) in [5.41, 5.74) is 2.60. The predicted octanol–water partition coefficient (Wildman–Crippen LogP) is 5.42. The Balaban J connectivity index is 1.41. The Kier molecular flexibility index (Phi) is 9.21. The molecule has 0 atom stereocenters. The molecule has 0 spiro atoms. The van der Waals surface area contributed by atoms with Gasteiger partial charge in [0.15, 0.2) is 17.6 Å². The van der Waals surface area contributed by atoms with Gasteiger partial charge in [-0.25, -0.2) is 0 Å². The normalized spacial score (nSPS) is 10.7. The van der Waals surface area contributed by atoms with Crippen LogP contribution in [0, 0.1) is 6.92 Å². The van der Waals surface area contributed by atoms with E-state index in [-0.39, 0.29) is 30.7 Å². The largest absolute Gasteiger partial charge is 0.484 e. The number of thioether (sulfide) groups is 1. The molecule has 8 nitrogen and oxygen atoms in total. The number of carbonyl (C=O) groups excluding carboxylic acids is 2. The van der Waals surface area contributed by atoms with Gasteiger partial charge >= 0.3 is 0 Å². The number of rotatable bonds is 10. The number of amides is 2. The van der Waals surface area contributed by atoms with E-state index >= 15 is 0 Å². The first-order valence-electron chi connectivity index (χ1n) is 11.2. The van der Waals surface area contributed by atoms with Crippen molar-refractivity contribution >= 4 is 56.8 Å². The number of nitrogens with zero attached hydrogens (tertiary/aromatic N) is 3. The molecule has 11 heteroatoms. The highest BCUT2D eigenvalue weighted by molar-refractivity contribution is 9.10. The van der Waals surface area contributed by atoms with Crippen LogP contribution < -0.4 is 15.4 Å². The quantitative estimate of drug-likeness (QED) is 0.236. The molecule has 0 fully saturated rings. The third-order valence-corrected chi connectivity index (χ3v) is 6.76.